The van der Waals surface area contributed by atoms with Gasteiger partial charge in [-0.05, 0) is 12.1 Å². The van der Waals surface area contributed by atoms with Gasteiger partial charge in [0.1, 0.15) is 39.3 Å². The number of nitrogens with one attached hydrogen (secondary N) is 3. The van der Waals surface area contributed by atoms with Crippen LogP contribution in [0.2, 0.25) is 0 Å². The van der Waals surface area contributed by atoms with Gasteiger partial charge >= 0.3 is 0 Å². The SMILES string of the molecule is c1ccc(C[NH+]2CC[NH+](C3CC[NH+](Cc4ccccn4)CC3)CC2)cc1. The zero-order valence-corrected chi connectivity index (χ0v) is 15.8. The number of quaternary nitrogens is 3. The van der Waals surface area contributed by atoms with E-state index in [1.165, 1.54) is 69.9 Å². The highest BCUT2D eigenvalue weighted by Crippen LogP contribution is 1.98. The van der Waals surface area contributed by atoms with Crippen LogP contribution in [0.3, 0.4) is 0 Å². The van der Waals surface area contributed by atoms with Gasteiger partial charge < -0.3 is 14.7 Å². The highest BCUT2D eigenvalue weighted by molar-refractivity contribution is 5.13. The van der Waals surface area contributed by atoms with Gasteiger partial charge in [0.15, 0.2) is 0 Å². The first-order valence-electron chi connectivity index (χ1n) is 10.3. The summed E-state index contributed by atoms with van der Waals surface area (Å²) in [5.74, 6) is 0. The topological polar surface area (TPSA) is 26.2 Å². The number of piperazine rings is 1. The van der Waals surface area contributed by atoms with E-state index in [0.717, 1.165) is 12.6 Å². The first kappa shape index (κ1) is 17.7. The zero-order chi connectivity index (χ0) is 17.6. The van der Waals surface area contributed by atoms with Gasteiger partial charge in [0, 0.05) is 24.6 Å². The summed E-state index contributed by atoms with van der Waals surface area (Å²) in [5.41, 5.74) is 2.73. The van der Waals surface area contributed by atoms with Gasteiger partial charge in [-0.2, -0.15) is 0 Å². The highest BCUT2D eigenvalue weighted by atomic mass is 15.3. The van der Waals surface area contributed by atoms with Crippen LogP contribution in [0.4, 0.5) is 0 Å². The normalized spacial score (nSPS) is 29.4. The summed E-state index contributed by atoms with van der Waals surface area (Å²) in [5, 5.41) is 0. The zero-order valence-electron chi connectivity index (χ0n) is 15.8. The fourth-order valence-electron chi connectivity index (χ4n) is 4.76. The minimum absolute atomic E-state index is 0.890. The summed E-state index contributed by atoms with van der Waals surface area (Å²) >= 11 is 0. The Balaban J connectivity index is 1.20. The third-order valence-electron chi connectivity index (χ3n) is 6.32. The maximum Gasteiger partial charge on any atom is 0.127 e. The van der Waals surface area contributed by atoms with Crippen LogP contribution in [-0.2, 0) is 13.1 Å². The third kappa shape index (κ3) is 4.70. The third-order valence-corrected chi connectivity index (χ3v) is 6.32. The molecular formula is C22H33N4+3. The Morgan fingerprint density at radius 2 is 1.42 bits per heavy atom. The lowest BCUT2D eigenvalue weighted by Gasteiger charge is -2.37. The molecule has 3 N–H and O–H groups in total. The first-order chi connectivity index (χ1) is 12.9. The summed E-state index contributed by atoms with van der Waals surface area (Å²) in [6, 6.07) is 18.2. The highest BCUT2D eigenvalue weighted by Gasteiger charge is 2.33. The summed E-state index contributed by atoms with van der Waals surface area (Å²) in [7, 11) is 0. The van der Waals surface area contributed by atoms with Crippen LogP contribution >= 0.6 is 0 Å². The maximum absolute atomic E-state index is 4.50. The van der Waals surface area contributed by atoms with Crippen molar-refractivity contribution in [3.05, 3.63) is 66.0 Å². The molecule has 0 amide bonds. The van der Waals surface area contributed by atoms with Crippen molar-refractivity contribution >= 4 is 0 Å². The number of piperidine rings is 1. The van der Waals surface area contributed by atoms with Gasteiger partial charge in [-0.25, -0.2) is 0 Å². The Bertz CT molecular complexity index is 585. The van der Waals surface area contributed by atoms with Crippen LogP contribution in [0, 0.1) is 0 Å². The number of nitrogens with zero attached hydrogens (tertiary/aromatic N) is 1. The molecule has 2 saturated heterocycles. The second kappa shape index (κ2) is 8.76. The molecule has 1 aromatic carbocycles. The molecule has 0 atom stereocenters. The number of benzene rings is 1. The number of aromatic nitrogens is 1. The molecule has 3 heterocycles. The molecule has 2 aliphatic rings. The monoisotopic (exact) mass is 353 g/mol. The molecule has 2 fully saturated rings. The van der Waals surface area contributed by atoms with Crippen LogP contribution in [0.5, 0.6) is 0 Å². The first-order valence-corrected chi connectivity index (χ1v) is 10.3. The maximum atomic E-state index is 4.50. The van der Waals surface area contributed by atoms with Crippen LogP contribution < -0.4 is 14.7 Å². The van der Waals surface area contributed by atoms with Crippen LogP contribution in [-0.4, -0.2) is 50.3 Å². The molecule has 0 saturated carbocycles. The predicted octanol–water partition coefficient (Wildman–Crippen LogP) is -1.39. The standard InChI is InChI=1S/C22H30N4/c1-2-6-20(7-3-1)18-25-14-16-26(17-15-25)22-9-12-24(13-10-22)19-21-8-4-5-11-23-21/h1-8,11,22H,9-10,12-19H2/p+3. The van der Waals surface area contributed by atoms with Crippen LogP contribution in [0.25, 0.3) is 0 Å². The van der Waals surface area contributed by atoms with Crippen molar-refractivity contribution in [2.45, 2.75) is 32.0 Å². The number of hydrogen-bond acceptors (Lipinski definition) is 1. The van der Waals surface area contributed by atoms with Crippen LogP contribution in [0.15, 0.2) is 54.7 Å². The molecular weight excluding hydrogens is 320 g/mol. The average molecular weight is 354 g/mol. The number of pyridine rings is 1. The molecule has 2 aromatic rings. The number of rotatable bonds is 5. The summed E-state index contributed by atoms with van der Waals surface area (Å²) in [6.45, 7) is 10.3. The molecule has 26 heavy (non-hydrogen) atoms. The van der Waals surface area contributed by atoms with Gasteiger partial charge in [0.25, 0.3) is 0 Å². The fourth-order valence-corrected chi connectivity index (χ4v) is 4.76. The van der Waals surface area contributed by atoms with E-state index in [0.29, 0.717) is 0 Å². The molecule has 0 spiro atoms. The van der Waals surface area contributed by atoms with Crippen molar-refractivity contribution < 1.29 is 14.7 Å². The van der Waals surface area contributed by atoms with Gasteiger partial charge in [0.05, 0.1) is 24.8 Å². The lowest BCUT2D eigenvalue weighted by Crippen LogP contribution is -3.30. The summed E-state index contributed by atoms with van der Waals surface area (Å²) < 4.78 is 0. The molecule has 2 aliphatic heterocycles. The van der Waals surface area contributed by atoms with E-state index in [1.54, 1.807) is 9.80 Å². The van der Waals surface area contributed by atoms with Crippen molar-refractivity contribution in [1.82, 2.24) is 4.98 Å². The molecule has 138 valence electrons. The van der Waals surface area contributed by atoms with Crippen molar-refractivity contribution in [2.75, 3.05) is 39.3 Å². The molecule has 1 aromatic heterocycles. The Hall–Kier alpha value is -1.75. The van der Waals surface area contributed by atoms with Gasteiger partial charge in [-0.3, -0.25) is 4.98 Å². The molecule has 4 rings (SSSR count). The minimum Gasteiger partial charge on any atom is -0.330 e. The molecule has 4 nitrogen and oxygen atoms in total. The largest absolute Gasteiger partial charge is 0.330 e. The van der Waals surface area contributed by atoms with Gasteiger partial charge in [-0.1, -0.05) is 36.4 Å². The van der Waals surface area contributed by atoms with E-state index in [1.807, 2.05) is 17.2 Å². The Morgan fingerprint density at radius 1 is 0.731 bits per heavy atom. The van der Waals surface area contributed by atoms with Crippen molar-refractivity contribution in [3.8, 4) is 0 Å². The molecule has 4 heteroatoms. The number of hydrogen-bond donors (Lipinski definition) is 3. The quantitative estimate of drug-likeness (QED) is 0.607. The lowest BCUT2D eigenvalue weighted by atomic mass is 10.0. The average Bonchev–Trinajstić information content (AvgIpc) is 2.71. The molecule has 0 unspecified atom stereocenters. The smallest absolute Gasteiger partial charge is 0.127 e. The van der Waals surface area contributed by atoms with E-state index < -0.39 is 0 Å². The molecule has 0 aliphatic carbocycles. The Morgan fingerprint density at radius 3 is 2.12 bits per heavy atom. The predicted molar refractivity (Wildman–Crippen MR) is 103 cm³/mol. The Labute approximate surface area is 157 Å². The van der Waals surface area contributed by atoms with Gasteiger partial charge in [0.2, 0.25) is 0 Å². The lowest BCUT2D eigenvalue weighted by molar-refractivity contribution is -1.04. The summed E-state index contributed by atoms with van der Waals surface area (Å²) in [6.07, 6.45) is 4.68. The van der Waals surface area contributed by atoms with Crippen LogP contribution in [0.1, 0.15) is 24.1 Å². The van der Waals surface area contributed by atoms with Crippen molar-refractivity contribution in [2.24, 2.45) is 0 Å². The fraction of sp³-hybridized carbons (Fsp3) is 0.500. The molecule has 0 radical (unpaired) electrons. The van der Waals surface area contributed by atoms with E-state index in [9.17, 15) is 0 Å². The summed E-state index contributed by atoms with van der Waals surface area (Å²) in [4.78, 5) is 9.85. The van der Waals surface area contributed by atoms with Crippen molar-refractivity contribution in [3.63, 3.8) is 0 Å². The van der Waals surface area contributed by atoms with E-state index >= 15 is 0 Å². The molecule has 0 bridgehead atoms. The van der Waals surface area contributed by atoms with Crippen molar-refractivity contribution in [1.29, 1.82) is 0 Å². The van der Waals surface area contributed by atoms with Gasteiger partial charge in [-0.15, -0.1) is 0 Å². The number of likely N-dealkylation sites (tertiary alicyclic amines) is 1. The van der Waals surface area contributed by atoms with E-state index in [4.69, 9.17) is 0 Å². The second-order valence-corrected chi connectivity index (χ2v) is 8.09. The van der Waals surface area contributed by atoms with E-state index in [2.05, 4.69) is 47.4 Å². The van der Waals surface area contributed by atoms with E-state index in [-0.39, 0.29) is 0 Å². The minimum atomic E-state index is 0.890. The Kier molecular flexibility index (Phi) is 5.95. The second-order valence-electron chi connectivity index (χ2n) is 8.09.